The molecule has 9 heavy (non-hydrogen) atoms. The Morgan fingerprint density at radius 2 is 2.33 bits per heavy atom. The number of carbonyl (C=O) groups excluding carboxylic acids is 1. The summed E-state index contributed by atoms with van der Waals surface area (Å²) in [6.45, 7) is 0.979. The smallest absolute Gasteiger partial charge is 0.334 e. The van der Waals surface area contributed by atoms with Crippen LogP contribution in [0.15, 0.2) is 0 Å². The second-order valence-electron chi connectivity index (χ2n) is 1.51. The van der Waals surface area contributed by atoms with Crippen molar-refractivity contribution < 1.29 is 19.7 Å². The monoisotopic (exact) mass is 134 g/mol. The van der Waals surface area contributed by atoms with Crippen molar-refractivity contribution in [2.45, 2.75) is 19.6 Å². The van der Waals surface area contributed by atoms with Crippen LogP contribution in [0.2, 0.25) is 0 Å². The molecule has 2 N–H and O–H groups in total. The molecule has 0 rings (SSSR count). The number of esters is 1. The van der Waals surface area contributed by atoms with Gasteiger partial charge < -0.3 is 14.9 Å². The van der Waals surface area contributed by atoms with Crippen molar-refractivity contribution in [2.75, 3.05) is 6.61 Å². The van der Waals surface area contributed by atoms with Crippen molar-refractivity contribution in [3.05, 3.63) is 0 Å². The summed E-state index contributed by atoms with van der Waals surface area (Å²) in [7, 11) is 0. The summed E-state index contributed by atoms with van der Waals surface area (Å²) in [5.74, 6) is -0.802. The molecule has 4 heteroatoms. The van der Waals surface area contributed by atoms with E-state index < -0.39 is 18.9 Å². The number of carbonyl (C=O) groups is 1. The largest absolute Gasteiger partial charge is 0.434 e. The fourth-order valence-corrected chi connectivity index (χ4v) is 0.272. The number of hydrogen-bond donors (Lipinski definition) is 2. The first-order chi connectivity index (χ1) is 4.20. The second kappa shape index (κ2) is 4.29. The zero-order valence-electron chi connectivity index (χ0n) is 5.20. The molecule has 1 atom stereocenters. The van der Waals surface area contributed by atoms with Gasteiger partial charge in [-0.1, -0.05) is 6.92 Å². The van der Waals surface area contributed by atoms with Gasteiger partial charge in [-0.15, -0.1) is 0 Å². The zero-order chi connectivity index (χ0) is 7.28. The summed E-state index contributed by atoms with van der Waals surface area (Å²) in [5, 5.41) is 16.7. The topological polar surface area (TPSA) is 66.8 Å². The van der Waals surface area contributed by atoms with Crippen molar-refractivity contribution >= 4 is 5.97 Å². The lowest BCUT2D eigenvalue weighted by Gasteiger charge is -2.06. The standard InChI is InChI=1S/C5H10O4/c1-2-4(7)9-5(8)3-6/h4,6-7H,2-3H2,1H3. The summed E-state index contributed by atoms with van der Waals surface area (Å²) in [6, 6.07) is 0. The van der Waals surface area contributed by atoms with E-state index in [0.717, 1.165) is 0 Å². The fraction of sp³-hybridized carbons (Fsp3) is 0.800. The van der Waals surface area contributed by atoms with Gasteiger partial charge in [0.25, 0.3) is 0 Å². The van der Waals surface area contributed by atoms with Gasteiger partial charge in [-0.3, -0.25) is 0 Å². The average molecular weight is 134 g/mol. The minimum Gasteiger partial charge on any atom is -0.434 e. The normalized spacial score (nSPS) is 12.8. The highest BCUT2D eigenvalue weighted by atomic mass is 16.6. The van der Waals surface area contributed by atoms with Gasteiger partial charge in [-0.05, 0) is 0 Å². The van der Waals surface area contributed by atoms with E-state index in [9.17, 15) is 4.79 Å². The molecule has 0 radical (unpaired) electrons. The third-order valence-electron chi connectivity index (χ3n) is 0.746. The number of aliphatic hydroxyl groups is 2. The molecular weight excluding hydrogens is 124 g/mol. The van der Waals surface area contributed by atoms with Gasteiger partial charge in [0.1, 0.15) is 6.61 Å². The van der Waals surface area contributed by atoms with Gasteiger partial charge in [-0.25, -0.2) is 4.79 Å². The second-order valence-corrected chi connectivity index (χ2v) is 1.51. The molecule has 0 aliphatic heterocycles. The minimum atomic E-state index is -1.08. The van der Waals surface area contributed by atoms with Crippen molar-refractivity contribution in [3.63, 3.8) is 0 Å². The van der Waals surface area contributed by atoms with E-state index in [1.807, 2.05) is 0 Å². The molecule has 0 saturated heterocycles. The van der Waals surface area contributed by atoms with Crippen LogP contribution in [0.4, 0.5) is 0 Å². The van der Waals surface area contributed by atoms with Crippen LogP contribution in [0.25, 0.3) is 0 Å². The lowest BCUT2D eigenvalue weighted by molar-refractivity contribution is -0.171. The van der Waals surface area contributed by atoms with Gasteiger partial charge >= 0.3 is 5.97 Å². The Bertz CT molecular complexity index is 91.0. The molecule has 54 valence electrons. The lowest BCUT2D eigenvalue weighted by atomic mass is 10.5. The first-order valence-corrected chi connectivity index (χ1v) is 2.69. The predicted molar refractivity (Wildman–Crippen MR) is 29.5 cm³/mol. The van der Waals surface area contributed by atoms with E-state index in [1.165, 1.54) is 0 Å². The quantitative estimate of drug-likeness (QED) is 0.393. The van der Waals surface area contributed by atoms with Gasteiger partial charge in [0, 0.05) is 6.42 Å². The van der Waals surface area contributed by atoms with Gasteiger partial charge in [0.2, 0.25) is 0 Å². The number of rotatable bonds is 3. The van der Waals surface area contributed by atoms with Crippen molar-refractivity contribution in [2.24, 2.45) is 0 Å². The molecule has 0 aromatic carbocycles. The van der Waals surface area contributed by atoms with E-state index in [2.05, 4.69) is 4.74 Å². The maximum absolute atomic E-state index is 10.1. The molecule has 0 aliphatic rings. The van der Waals surface area contributed by atoms with E-state index >= 15 is 0 Å². The minimum absolute atomic E-state index is 0.339. The number of ether oxygens (including phenoxy) is 1. The Balaban J connectivity index is 3.34. The number of aliphatic hydroxyl groups excluding tert-OH is 2. The van der Waals surface area contributed by atoms with Crippen LogP contribution < -0.4 is 0 Å². The highest BCUT2D eigenvalue weighted by Gasteiger charge is 2.05. The van der Waals surface area contributed by atoms with E-state index in [1.54, 1.807) is 6.92 Å². The molecule has 0 aliphatic carbocycles. The Hall–Kier alpha value is -0.610. The summed E-state index contributed by atoms with van der Waals surface area (Å²) < 4.78 is 4.22. The van der Waals surface area contributed by atoms with Crippen LogP contribution in [-0.2, 0) is 9.53 Å². The molecule has 0 heterocycles. The Kier molecular flexibility index (Phi) is 4.00. The molecule has 0 bridgehead atoms. The van der Waals surface area contributed by atoms with E-state index in [-0.39, 0.29) is 0 Å². The van der Waals surface area contributed by atoms with Crippen LogP contribution >= 0.6 is 0 Å². The van der Waals surface area contributed by atoms with Gasteiger partial charge in [-0.2, -0.15) is 0 Å². The lowest BCUT2D eigenvalue weighted by Crippen LogP contribution is -2.18. The molecule has 0 amide bonds. The van der Waals surface area contributed by atoms with Gasteiger partial charge in [0.05, 0.1) is 0 Å². The third kappa shape index (κ3) is 3.93. The fourth-order valence-electron chi connectivity index (χ4n) is 0.272. The van der Waals surface area contributed by atoms with Crippen LogP contribution in [0, 0.1) is 0 Å². The predicted octanol–water partition coefficient (Wildman–Crippen LogP) is -0.750. The number of hydrogen-bond acceptors (Lipinski definition) is 4. The molecule has 0 fully saturated rings. The Labute approximate surface area is 53.1 Å². The van der Waals surface area contributed by atoms with Crippen molar-refractivity contribution in [1.29, 1.82) is 0 Å². The molecule has 4 nitrogen and oxygen atoms in total. The van der Waals surface area contributed by atoms with Crippen molar-refractivity contribution in [3.8, 4) is 0 Å². The SMILES string of the molecule is CCC(O)OC(=O)CO. The van der Waals surface area contributed by atoms with Gasteiger partial charge in [0.15, 0.2) is 6.29 Å². The molecular formula is C5H10O4. The first kappa shape index (κ1) is 8.39. The molecule has 1 unspecified atom stereocenters. The highest BCUT2D eigenvalue weighted by Crippen LogP contribution is 1.91. The summed E-state index contributed by atoms with van der Waals surface area (Å²) in [6.07, 6.45) is -0.740. The van der Waals surface area contributed by atoms with E-state index in [4.69, 9.17) is 10.2 Å². The van der Waals surface area contributed by atoms with Crippen LogP contribution in [-0.4, -0.2) is 29.1 Å². The summed E-state index contributed by atoms with van der Waals surface area (Å²) >= 11 is 0. The van der Waals surface area contributed by atoms with E-state index in [0.29, 0.717) is 6.42 Å². The van der Waals surface area contributed by atoms with Crippen molar-refractivity contribution in [1.82, 2.24) is 0 Å². The Morgan fingerprint density at radius 1 is 1.78 bits per heavy atom. The summed E-state index contributed by atoms with van der Waals surface area (Å²) in [5.41, 5.74) is 0. The average Bonchev–Trinajstić information content (AvgIpc) is 1.87. The Morgan fingerprint density at radius 3 is 2.67 bits per heavy atom. The molecule has 0 aromatic rings. The summed E-state index contributed by atoms with van der Waals surface area (Å²) in [4.78, 5) is 10.1. The molecule has 0 aromatic heterocycles. The maximum atomic E-state index is 10.1. The molecule has 0 spiro atoms. The third-order valence-corrected chi connectivity index (χ3v) is 0.746. The zero-order valence-corrected chi connectivity index (χ0v) is 5.20. The molecule has 0 saturated carbocycles. The first-order valence-electron chi connectivity index (χ1n) is 2.69. The van der Waals surface area contributed by atoms with Crippen LogP contribution in [0.5, 0.6) is 0 Å². The van der Waals surface area contributed by atoms with Crippen LogP contribution in [0.3, 0.4) is 0 Å². The van der Waals surface area contributed by atoms with Crippen LogP contribution in [0.1, 0.15) is 13.3 Å². The maximum Gasteiger partial charge on any atom is 0.334 e. The highest BCUT2D eigenvalue weighted by molar-refractivity contribution is 5.70.